The first-order valence-corrected chi connectivity index (χ1v) is 7.48. The lowest BCUT2D eigenvalue weighted by Gasteiger charge is -2.33. The van der Waals surface area contributed by atoms with Crippen LogP contribution in [0.2, 0.25) is 0 Å². The first kappa shape index (κ1) is 11.1. The highest BCUT2D eigenvalue weighted by molar-refractivity contribution is 5.11. The van der Waals surface area contributed by atoms with Crippen molar-refractivity contribution in [2.75, 3.05) is 0 Å². The molecule has 0 aromatic rings. The van der Waals surface area contributed by atoms with E-state index in [9.17, 15) is 0 Å². The fraction of sp³-hybridized carbons (Fsp3) is 1.00. The van der Waals surface area contributed by atoms with Crippen LogP contribution in [0.1, 0.15) is 59.8 Å². The molecule has 6 unspecified atom stereocenters. The highest BCUT2D eigenvalue weighted by atomic mass is 14.7. The van der Waals surface area contributed by atoms with Gasteiger partial charge >= 0.3 is 0 Å². The van der Waals surface area contributed by atoms with E-state index in [1.54, 1.807) is 12.8 Å². The molecule has 3 aliphatic carbocycles. The highest BCUT2D eigenvalue weighted by Gasteiger charge is 2.62. The number of fused-ring (bicyclic) bond motifs is 1. The van der Waals surface area contributed by atoms with Crippen molar-refractivity contribution in [3.63, 3.8) is 0 Å². The zero-order valence-electron chi connectivity index (χ0n) is 11.5. The van der Waals surface area contributed by atoms with Crippen LogP contribution in [0.15, 0.2) is 0 Å². The molecule has 0 bridgehead atoms. The van der Waals surface area contributed by atoms with Gasteiger partial charge in [0.1, 0.15) is 0 Å². The van der Waals surface area contributed by atoms with Gasteiger partial charge in [0.05, 0.1) is 0 Å². The van der Waals surface area contributed by atoms with Gasteiger partial charge in [0.2, 0.25) is 0 Å². The maximum atomic E-state index is 2.52. The van der Waals surface area contributed by atoms with E-state index >= 15 is 0 Å². The van der Waals surface area contributed by atoms with Crippen molar-refractivity contribution in [3.05, 3.63) is 0 Å². The molecule has 3 aliphatic rings. The van der Waals surface area contributed by atoms with Gasteiger partial charge in [-0.15, -0.1) is 0 Å². The zero-order valence-corrected chi connectivity index (χ0v) is 11.5. The Morgan fingerprint density at radius 2 is 1.62 bits per heavy atom. The van der Waals surface area contributed by atoms with Gasteiger partial charge in [-0.1, -0.05) is 34.1 Å². The van der Waals surface area contributed by atoms with Crippen LogP contribution in [0.25, 0.3) is 0 Å². The van der Waals surface area contributed by atoms with Crippen molar-refractivity contribution < 1.29 is 0 Å². The van der Waals surface area contributed by atoms with E-state index < -0.39 is 0 Å². The van der Waals surface area contributed by atoms with Crippen LogP contribution < -0.4 is 0 Å². The first-order chi connectivity index (χ1) is 7.48. The smallest absolute Gasteiger partial charge is 0.0323 e. The van der Waals surface area contributed by atoms with Crippen molar-refractivity contribution >= 4 is 0 Å². The van der Waals surface area contributed by atoms with Gasteiger partial charge in [-0.25, -0.2) is 0 Å². The second-order valence-corrected chi connectivity index (χ2v) is 8.01. The lowest BCUT2D eigenvalue weighted by atomic mass is 9.72. The van der Waals surface area contributed by atoms with Gasteiger partial charge in [0.25, 0.3) is 0 Å². The van der Waals surface area contributed by atoms with Gasteiger partial charge in [0, 0.05) is 0 Å². The van der Waals surface area contributed by atoms with Crippen molar-refractivity contribution in [2.45, 2.75) is 59.8 Å². The molecule has 3 fully saturated rings. The molecule has 0 aliphatic heterocycles. The van der Waals surface area contributed by atoms with E-state index in [0.29, 0.717) is 5.41 Å². The topological polar surface area (TPSA) is 0 Å². The molecule has 0 heteroatoms. The third kappa shape index (κ3) is 1.73. The summed E-state index contributed by atoms with van der Waals surface area (Å²) in [6.07, 6.45) is 7.61. The quantitative estimate of drug-likeness (QED) is 0.553. The third-order valence-electron chi connectivity index (χ3n) is 6.14. The molecular formula is C16H28. The number of hydrogen-bond acceptors (Lipinski definition) is 0. The van der Waals surface area contributed by atoms with E-state index in [0.717, 1.165) is 23.7 Å². The minimum absolute atomic E-state index is 0.609. The summed E-state index contributed by atoms with van der Waals surface area (Å²) in [5.74, 6) is 6.52. The monoisotopic (exact) mass is 220 g/mol. The van der Waals surface area contributed by atoms with Crippen molar-refractivity contribution in [3.8, 4) is 0 Å². The lowest BCUT2D eigenvalue weighted by molar-refractivity contribution is 0.173. The van der Waals surface area contributed by atoms with Crippen LogP contribution in [0.5, 0.6) is 0 Å². The maximum absolute atomic E-state index is 2.52. The standard InChI is InChI=1S/C16H28/c1-10-5-6-12-7-13-14(15(12)13)9-16(3,4)8-11(10)2/h10-15H,5-9H2,1-4H3. The normalized spacial score (nSPS) is 54.8. The molecule has 0 spiro atoms. The van der Waals surface area contributed by atoms with E-state index in [1.165, 1.54) is 31.1 Å². The Bertz CT molecular complexity index is 274. The molecule has 0 aromatic heterocycles. The zero-order chi connectivity index (χ0) is 11.5. The summed E-state index contributed by atoms with van der Waals surface area (Å²) in [7, 11) is 0. The van der Waals surface area contributed by atoms with E-state index in [2.05, 4.69) is 27.7 Å². The Labute approximate surface area is 101 Å². The fourth-order valence-electron chi connectivity index (χ4n) is 4.97. The van der Waals surface area contributed by atoms with E-state index in [1.807, 2.05) is 0 Å². The molecule has 0 amide bonds. The minimum Gasteiger partial charge on any atom is -0.0623 e. The van der Waals surface area contributed by atoms with Crippen LogP contribution in [0, 0.1) is 40.9 Å². The summed E-state index contributed by atoms with van der Waals surface area (Å²) in [5.41, 5.74) is 0.609. The number of rotatable bonds is 0. The Morgan fingerprint density at radius 1 is 0.875 bits per heavy atom. The molecule has 0 radical (unpaired) electrons. The second-order valence-electron chi connectivity index (χ2n) is 8.01. The Balaban J connectivity index is 1.73. The molecule has 0 aromatic carbocycles. The molecular weight excluding hydrogens is 192 g/mol. The fourth-order valence-corrected chi connectivity index (χ4v) is 4.97. The van der Waals surface area contributed by atoms with E-state index in [4.69, 9.17) is 0 Å². The maximum Gasteiger partial charge on any atom is -0.0323 e. The molecule has 16 heavy (non-hydrogen) atoms. The highest BCUT2D eigenvalue weighted by Crippen LogP contribution is 2.69. The molecule has 0 nitrogen and oxygen atoms in total. The van der Waals surface area contributed by atoms with Crippen LogP contribution in [-0.4, -0.2) is 0 Å². The second kappa shape index (κ2) is 3.50. The number of hydrogen-bond donors (Lipinski definition) is 0. The van der Waals surface area contributed by atoms with Gasteiger partial charge < -0.3 is 0 Å². The van der Waals surface area contributed by atoms with E-state index in [-0.39, 0.29) is 0 Å². The van der Waals surface area contributed by atoms with Crippen molar-refractivity contribution in [2.24, 2.45) is 40.9 Å². The Hall–Kier alpha value is 0. The summed E-state index contributed by atoms with van der Waals surface area (Å²) in [4.78, 5) is 0. The molecule has 92 valence electrons. The SMILES string of the molecule is CC1CCC2CC3C(CC(C)(C)CC1C)C23. The first-order valence-electron chi connectivity index (χ1n) is 7.48. The predicted molar refractivity (Wildman–Crippen MR) is 69.2 cm³/mol. The average Bonchev–Trinajstić information content (AvgIpc) is 2.66. The van der Waals surface area contributed by atoms with Crippen LogP contribution >= 0.6 is 0 Å². The third-order valence-corrected chi connectivity index (χ3v) is 6.14. The average molecular weight is 220 g/mol. The Kier molecular flexibility index (Phi) is 2.43. The molecule has 0 saturated heterocycles. The van der Waals surface area contributed by atoms with Gasteiger partial charge in [-0.05, 0) is 66.6 Å². The molecule has 3 rings (SSSR count). The van der Waals surface area contributed by atoms with Crippen LogP contribution in [-0.2, 0) is 0 Å². The minimum atomic E-state index is 0.609. The van der Waals surface area contributed by atoms with Crippen molar-refractivity contribution in [1.82, 2.24) is 0 Å². The van der Waals surface area contributed by atoms with Gasteiger partial charge in [0.15, 0.2) is 0 Å². The van der Waals surface area contributed by atoms with Crippen LogP contribution in [0.4, 0.5) is 0 Å². The summed E-state index contributed by atoms with van der Waals surface area (Å²) < 4.78 is 0. The molecule has 0 N–H and O–H groups in total. The molecule has 0 heterocycles. The van der Waals surface area contributed by atoms with Gasteiger partial charge in [-0.2, -0.15) is 0 Å². The summed E-state index contributed by atoms with van der Waals surface area (Å²) in [5, 5.41) is 0. The lowest BCUT2D eigenvalue weighted by Crippen LogP contribution is -2.23. The van der Waals surface area contributed by atoms with Crippen LogP contribution in [0.3, 0.4) is 0 Å². The molecule has 6 atom stereocenters. The largest absolute Gasteiger partial charge is 0.0623 e. The summed E-state index contributed by atoms with van der Waals surface area (Å²) in [6, 6.07) is 0. The van der Waals surface area contributed by atoms with Gasteiger partial charge in [-0.3, -0.25) is 0 Å². The molecule has 3 saturated carbocycles. The summed E-state index contributed by atoms with van der Waals surface area (Å²) >= 11 is 0. The summed E-state index contributed by atoms with van der Waals surface area (Å²) in [6.45, 7) is 10.0. The van der Waals surface area contributed by atoms with Crippen molar-refractivity contribution in [1.29, 1.82) is 0 Å². The Morgan fingerprint density at radius 3 is 2.38 bits per heavy atom. The predicted octanol–water partition coefficient (Wildman–Crippen LogP) is 4.74.